The maximum atomic E-state index is 12.7. The standard InChI is InChI=1S/C17H21N3O2S/c1-13-12-23-17(18-13)14-6-2-5-10-20(14)16(22)8-11-19-9-4-3-7-15(19)21/h3-4,7,9,12,14H,2,5-6,8,10-11H2,1H3/t14-/m1/s1. The number of pyridine rings is 1. The first kappa shape index (κ1) is 15.9. The van der Waals surface area contributed by atoms with E-state index in [0.29, 0.717) is 13.0 Å². The summed E-state index contributed by atoms with van der Waals surface area (Å²) < 4.78 is 1.59. The van der Waals surface area contributed by atoms with Crippen LogP contribution in [0.2, 0.25) is 0 Å². The van der Waals surface area contributed by atoms with E-state index < -0.39 is 0 Å². The Morgan fingerprint density at radius 2 is 2.26 bits per heavy atom. The van der Waals surface area contributed by atoms with Gasteiger partial charge in [0.2, 0.25) is 5.91 Å². The van der Waals surface area contributed by atoms with Crippen LogP contribution in [0.1, 0.15) is 42.4 Å². The summed E-state index contributed by atoms with van der Waals surface area (Å²) in [4.78, 5) is 30.9. The molecule has 5 nitrogen and oxygen atoms in total. The van der Waals surface area contributed by atoms with Crippen molar-refractivity contribution in [2.75, 3.05) is 6.54 Å². The highest BCUT2D eigenvalue weighted by molar-refractivity contribution is 7.09. The lowest BCUT2D eigenvalue weighted by Crippen LogP contribution is -2.39. The van der Waals surface area contributed by atoms with Crippen molar-refractivity contribution < 1.29 is 4.79 Å². The summed E-state index contributed by atoms with van der Waals surface area (Å²) >= 11 is 1.63. The van der Waals surface area contributed by atoms with Crippen LogP contribution in [-0.4, -0.2) is 26.9 Å². The van der Waals surface area contributed by atoms with Crippen molar-refractivity contribution in [3.63, 3.8) is 0 Å². The molecule has 3 heterocycles. The molecule has 1 saturated heterocycles. The zero-order valence-electron chi connectivity index (χ0n) is 13.3. The lowest BCUT2D eigenvalue weighted by atomic mass is 10.0. The molecule has 0 spiro atoms. The minimum Gasteiger partial charge on any atom is -0.333 e. The SMILES string of the molecule is Cc1csc([C@H]2CCCCN2C(=O)CCn2ccccc2=O)n1. The fourth-order valence-corrected chi connectivity index (χ4v) is 3.96. The minimum atomic E-state index is -0.0638. The lowest BCUT2D eigenvalue weighted by Gasteiger charge is -2.34. The van der Waals surface area contributed by atoms with Crippen LogP contribution in [0.4, 0.5) is 0 Å². The highest BCUT2D eigenvalue weighted by Gasteiger charge is 2.29. The van der Waals surface area contributed by atoms with Gasteiger partial charge in [-0.25, -0.2) is 4.98 Å². The van der Waals surface area contributed by atoms with Crippen LogP contribution >= 0.6 is 11.3 Å². The van der Waals surface area contributed by atoms with E-state index in [4.69, 9.17) is 0 Å². The van der Waals surface area contributed by atoms with Gasteiger partial charge in [0.1, 0.15) is 5.01 Å². The maximum Gasteiger partial charge on any atom is 0.250 e. The average molecular weight is 331 g/mol. The number of carbonyl (C=O) groups excluding carboxylic acids is 1. The Labute approximate surface area is 139 Å². The van der Waals surface area contributed by atoms with Crippen molar-refractivity contribution in [1.29, 1.82) is 0 Å². The fraction of sp³-hybridized carbons (Fsp3) is 0.471. The number of hydrogen-bond donors (Lipinski definition) is 0. The van der Waals surface area contributed by atoms with Crippen LogP contribution in [0, 0.1) is 6.92 Å². The maximum absolute atomic E-state index is 12.7. The summed E-state index contributed by atoms with van der Waals surface area (Å²) in [5.74, 6) is 0.110. The van der Waals surface area contributed by atoms with Crippen molar-refractivity contribution in [2.24, 2.45) is 0 Å². The van der Waals surface area contributed by atoms with Gasteiger partial charge in [-0.3, -0.25) is 9.59 Å². The molecular formula is C17H21N3O2S. The molecule has 23 heavy (non-hydrogen) atoms. The molecule has 1 amide bonds. The van der Waals surface area contributed by atoms with E-state index in [9.17, 15) is 9.59 Å². The Bertz CT molecular complexity index is 737. The summed E-state index contributed by atoms with van der Waals surface area (Å²) in [5, 5.41) is 3.07. The number of rotatable bonds is 4. The van der Waals surface area contributed by atoms with Crippen LogP contribution in [0.5, 0.6) is 0 Å². The first-order chi connectivity index (χ1) is 11.1. The number of aromatic nitrogens is 2. The highest BCUT2D eigenvalue weighted by Crippen LogP contribution is 2.33. The summed E-state index contributed by atoms with van der Waals surface area (Å²) in [7, 11) is 0. The molecule has 0 aliphatic carbocycles. The molecule has 0 radical (unpaired) electrons. The Balaban J connectivity index is 1.69. The van der Waals surface area contributed by atoms with Gasteiger partial charge in [0.15, 0.2) is 0 Å². The van der Waals surface area contributed by atoms with Gasteiger partial charge in [-0.1, -0.05) is 6.07 Å². The number of nitrogens with zero attached hydrogens (tertiary/aromatic N) is 3. The van der Waals surface area contributed by atoms with E-state index in [2.05, 4.69) is 4.98 Å². The van der Waals surface area contributed by atoms with Crippen molar-refractivity contribution in [2.45, 2.75) is 45.2 Å². The smallest absolute Gasteiger partial charge is 0.250 e. The van der Waals surface area contributed by atoms with Gasteiger partial charge in [-0.05, 0) is 32.3 Å². The second-order valence-electron chi connectivity index (χ2n) is 5.91. The van der Waals surface area contributed by atoms with Crippen molar-refractivity contribution in [1.82, 2.24) is 14.5 Å². The molecular weight excluding hydrogens is 310 g/mol. The second kappa shape index (κ2) is 7.08. The molecule has 122 valence electrons. The first-order valence-electron chi connectivity index (χ1n) is 8.02. The Morgan fingerprint density at radius 1 is 1.39 bits per heavy atom. The van der Waals surface area contributed by atoms with Crippen LogP contribution in [-0.2, 0) is 11.3 Å². The number of thiazole rings is 1. The quantitative estimate of drug-likeness (QED) is 0.865. The fourth-order valence-electron chi connectivity index (χ4n) is 3.02. The Morgan fingerprint density at radius 3 is 3.00 bits per heavy atom. The molecule has 1 atom stereocenters. The summed E-state index contributed by atoms with van der Waals surface area (Å²) in [6, 6.07) is 5.15. The normalized spacial score (nSPS) is 18.1. The molecule has 2 aromatic heterocycles. The molecule has 1 fully saturated rings. The molecule has 1 aliphatic heterocycles. The van der Waals surface area contributed by atoms with Gasteiger partial charge in [-0.15, -0.1) is 11.3 Å². The van der Waals surface area contributed by atoms with Gasteiger partial charge in [0.05, 0.1) is 6.04 Å². The number of hydrogen-bond acceptors (Lipinski definition) is 4. The van der Waals surface area contributed by atoms with E-state index in [1.807, 2.05) is 23.3 Å². The molecule has 0 N–H and O–H groups in total. The van der Waals surface area contributed by atoms with Gasteiger partial charge >= 0.3 is 0 Å². The zero-order chi connectivity index (χ0) is 16.2. The molecule has 0 saturated carbocycles. The number of carbonyl (C=O) groups is 1. The van der Waals surface area contributed by atoms with Crippen molar-refractivity contribution in [3.05, 3.63) is 50.8 Å². The first-order valence-corrected chi connectivity index (χ1v) is 8.90. The predicted octanol–water partition coefficient (Wildman–Crippen LogP) is 2.76. The number of likely N-dealkylation sites (tertiary alicyclic amines) is 1. The Hall–Kier alpha value is -1.95. The van der Waals surface area contributed by atoms with Crippen molar-refractivity contribution in [3.8, 4) is 0 Å². The molecule has 0 unspecified atom stereocenters. The van der Waals surface area contributed by atoms with Gasteiger partial charge in [0.25, 0.3) is 5.56 Å². The third-order valence-electron chi connectivity index (χ3n) is 4.21. The number of amides is 1. The monoisotopic (exact) mass is 331 g/mol. The third kappa shape index (κ3) is 3.69. The zero-order valence-corrected chi connectivity index (χ0v) is 14.1. The van der Waals surface area contributed by atoms with Crippen LogP contribution in [0.3, 0.4) is 0 Å². The summed E-state index contributed by atoms with van der Waals surface area (Å²) in [6.45, 7) is 3.20. The van der Waals surface area contributed by atoms with Gasteiger partial charge in [-0.2, -0.15) is 0 Å². The van der Waals surface area contributed by atoms with Gasteiger partial charge in [0, 0.05) is 42.8 Å². The molecule has 1 aliphatic rings. The molecule has 0 bridgehead atoms. The lowest BCUT2D eigenvalue weighted by molar-refractivity contribution is -0.135. The third-order valence-corrected chi connectivity index (χ3v) is 5.27. The average Bonchev–Trinajstić information content (AvgIpc) is 3.00. The summed E-state index contributed by atoms with van der Waals surface area (Å²) in [6.07, 6.45) is 5.23. The van der Waals surface area contributed by atoms with Gasteiger partial charge < -0.3 is 9.47 Å². The molecule has 6 heteroatoms. The van der Waals surface area contributed by atoms with E-state index >= 15 is 0 Å². The second-order valence-corrected chi connectivity index (χ2v) is 6.80. The molecule has 0 aromatic carbocycles. The number of piperidine rings is 1. The number of aryl methyl sites for hydroxylation is 2. The van der Waals surface area contributed by atoms with Crippen LogP contribution in [0.25, 0.3) is 0 Å². The summed E-state index contributed by atoms with van der Waals surface area (Å²) in [5.41, 5.74) is 0.949. The predicted molar refractivity (Wildman–Crippen MR) is 90.5 cm³/mol. The topological polar surface area (TPSA) is 55.2 Å². The molecule has 2 aromatic rings. The highest BCUT2D eigenvalue weighted by atomic mass is 32.1. The van der Waals surface area contributed by atoms with E-state index in [-0.39, 0.29) is 17.5 Å². The van der Waals surface area contributed by atoms with Crippen LogP contribution in [0.15, 0.2) is 34.6 Å². The van der Waals surface area contributed by atoms with E-state index in [1.54, 1.807) is 28.2 Å². The largest absolute Gasteiger partial charge is 0.333 e. The molecule has 3 rings (SSSR count). The van der Waals surface area contributed by atoms with E-state index in [1.165, 1.54) is 6.07 Å². The van der Waals surface area contributed by atoms with Crippen molar-refractivity contribution >= 4 is 17.2 Å². The Kier molecular flexibility index (Phi) is 4.91. The van der Waals surface area contributed by atoms with E-state index in [0.717, 1.165) is 36.5 Å². The van der Waals surface area contributed by atoms with Crippen LogP contribution < -0.4 is 5.56 Å². The minimum absolute atomic E-state index is 0.0638.